The van der Waals surface area contributed by atoms with Crippen molar-refractivity contribution >= 4 is 17.6 Å². The molecule has 0 unspecified atom stereocenters. The molecule has 1 amide bonds. The third-order valence-corrected chi connectivity index (χ3v) is 4.80. The van der Waals surface area contributed by atoms with Crippen LogP contribution in [0.25, 0.3) is 0 Å². The number of nitrogens with one attached hydrogen (secondary N) is 1. The van der Waals surface area contributed by atoms with Gasteiger partial charge in [0, 0.05) is 30.8 Å². The van der Waals surface area contributed by atoms with E-state index in [9.17, 15) is 13.6 Å². The fourth-order valence-corrected chi connectivity index (χ4v) is 3.12. The monoisotopic (exact) mass is 410 g/mol. The number of aromatic nitrogens is 1. The summed E-state index contributed by atoms with van der Waals surface area (Å²) in [5.74, 6) is 0.713. The number of hydrogen-bond donors (Lipinski definition) is 1. The topological polar surface area (TPSA) is 78.6 Å². The van der Waals surface area contributed by atoms with Crippen molar-refractivity contribution in [2.45, 2.75) is 19.8 Å². The number of benzene rings is 1. The normalized spacial score (nSPS) is 14.9. The standard InChI is InChI=1S/C22H20F2N4O2/c1-3-20(27-21(25)18-7-5-16(23)12-19(18)24)15-8-10-28(11-9-15)22(29)30-17-6-4-14(2)26-13-17/h1,4-7,12-13,15,25H,8-11H2,2H3. The molecule has 0 aliphatic carbocycles. The van der Waals surface area contributed by atoms with Gasteiger partial charge in [0.1, 0.15) is 11.6 Å². The molecular formula is C22H20F2N4O2. The minimum atomic E-state index is -0.872. The van der Waals surface area contributed by atoms with Crippen LogP contribution in [0.2, 0.25) is 0 Å². The molecule has 0 bridgehead atoms. The van der Waals surface area contributed by atoms with Crippen molar-refractivity contribution in [3.63, 3.8) is 0 Å². The number of halogens is 2. The molecule has 1 aliphatic heterocycles. The highest BCUT2D eigenvalue weighted by Gasteiger charge is 2.27. The second-order valence-electron chi connectivity index (χ2n) is 6.88. The number of carbonyl (C=O) groups excluding carboxylic acids is 1. The van der Waals surface area contributed by atoms with E-state index in [1.165, 1.54) is 6.20 Å². The van der Waals surface area contributed by atoms with E-state index in [0.717, 1.165) is 17.8 Å². The molecule has 1 aliphatic rings. The van der Waals surface area contributed by atoms with Gasteiger partial charge >= 0.3 is 6.09 Å². The maximum Gasteiger partial charge on any atom is 0.415 e. The number of rotatable bonds is 3. The molecule has 1 aromatic carbocycles. The molecule has 2 heterocycles. The van der Waals surface area contributed by atoms with E-state index in [4.69, 9.17) is 16.6 Å². The summed E-state index contributed by atoms with van der Waals surface area (Å²) >= 11 is 0. The molecular weight excluding hydrogens is 390 g/mol. The molecule has 30 heavy (non-hydrogen) atoms. The number of amides is 1. The van der Waals surface area contributed by atoms with Crippen LogP contribution < -0.4 is 4.74 Å². The molecule has 0 spiro atoms. The highest BCUT2D eigenvalue weighted by molar-refractivity contribution is 6.12. The molecule has 2 aromatic rings. The van der Waals surface area contributed by atoms with Gasteiger partial charge in [-0.2, -0.15) is 0 Å². The zero-order chi connectivity index (χ0) is 21.7. The van der Waals surface area contributed by atoms with Gasteiger partial charge in [0.05, 0.1) is 17.5 Å². The number of amidine groups is 1. The number of aryl methyl sites for hydroxylation is 1. The van der Waals surface area contributed by atoms with Crippen LogP contribution >= 0.6 is 0 Å². The van der Waals surface area contributed by atoms with Crippen LogP contribution in [-0.2, 0) is 0 Å². The Morgan fingerprint density at radius 2 is 2.03 bits per heavy atom. The number of terminal acetylenes is 1. The number of pyridine rings is 1. The number of carbonyl (C=O) groups is 1. The number of likely N-dealkylation sites (tertiary alicyclic amines) is 1. The van der Waals surface area contributed by atoms with Gasteiger partial charge in [-0.05, 0) is 44.0 Å². The Labute approximate surface area is 173 Å². The number of ether oxygens (including phenoxy) is 1. The number of piperidine rings is 1. The largest absolute Gasteiger partial charge is 0.415 e. The van der Waals surface area contributed by atoms with Gasteiger partial charge in [-0.3, -0.25) is 10.4 Å². The summed E-state index contributed by atoms with van der Waals surface area (Å²) in [6.07, 6.45) is 7.64. The third-order valence-electron chi connectivity index (χ3n) is 4.80. The molecule has 1 N–H and O–H groups in total. The molecule has 3 rings (SSSR count). The molecule has 1 saturated heterocycles. The molecule has 1 aromatic heterocycles. The predicted molar refractivity (Wildman–Crippen MR) is 109 cm³/mol. The van der Waals surface area contributed by atoms with Gasteiger partial charge in [0.2, 0.25) is 0 Å². The quantitative estimate of drug-likeness (QED) is 0.472. The van der Waals surface area contributed by atoms with Crippen LogP contribution in [-0.4, -0.2) is 40.6 Å². The Kier molecular flexibility index (Phi) is 6.52. The lowest BCUT2D eigenvalue weighted by atomic mass is 9.92. The van der Waals surface area contributed by atoms with Crippen LogP contribution in [0.15, 0.2) is 41.5 Å². The van der Waals surface area contributed by atoms with E-state index >= 15 is 0 Å². The molecule has 0 saturated carbocycles. The lowest BCUT2D eigenvalue weighted by Crippen LogP contribution is -2.41. The second-order valence-corrected chi connectivity index (χ2v) is 6.88. The van der Waals surface area contributed by atoms with Crippen LogP contribution in [0.1, 0.15) is 24.1 Å². The van der Waals surface area contributed by atoms with Crippen molar-refractivity contribution in [2.24, 2.45) is 10.9 Å². The summed E-state index contributed by atoms with van der Waals surface area (Å²) in [5, 5.41) is 8.01. The molecule has 8 heteroatoms. The Morgan fingerprint density at radius 1 is 1.30 bits per heavy atom. The fourth-order valence-electron chi connectivity index (χ4n) is 3.12. The van der Waals surface area contributed by atoms with Gasteiger partial charge in [-0.25, -0.2) is 18.6 Å². The lowest BCUT2D eigenvalue weighted by Gasteiger charge is -2.30. The van der Waals surface area contributed by atoms with E-state index in [1.54, 1.807) is 17.0 Å². The summed E-state index contributed by atoms with van der Waals surface area (Å²) in [7, 11) is 0. The second kappa shape index (κ2) is 9.27. The van der Waals surface area contributed by atoms with E-state index in [2.05, 4.69) is 15.9 Å². The maximum atomic E-state index is 13.9. The van der Waals surface area contributed by atoms with Gasteiger partial charge < -0.3 is 9.64 Å². The van der Waals surface area contributed by atoms with Crippen LogP contribution in [0.5, 0.6) is 5.75 Å². The smallest absolute Gasteiger partial charge is 0.409 e. The first-order chi connectivity index (χ1) is 14.4. The summed E-state index contributed by atoms with van der Waals surface area (Å²) < 4.78 is 32.3. The SMILES string of the molecule is C#CC(=NC(=N)c1ccc(F)cc1F)C1CCN(C(=O)Oc2ccc(C)nc2)CC1. The van der Waals surface area contributed by atoms with Gasteiger partial charge in [0.25, 0.3) is 0 Å². The van der Waals surface area contributed by atoms with Crippen molar-refractivity contribution in [3.8, 4) is 18.1 Å². The fraction of sp³-hybridized carbons (Fsp3) is 0.273. The van der Waals surface area contributed by atoms with E-state index < -0.39 is 17.7 Å². The Morgan fingerprint density at radius 3 is 2.63 bits per heavy atom. The van der Waals surface area contributed by atoms with E-state index in [1.807, 2.05) is 6.92 Å². The summed E-state index contributed by atoms with van der Waals surface area (Å²) in [4.78, 5) is 22.1. The minimum Gasteiger partial charge on any atom is -0.409 e. The van der Waals surface area contributed by atoms with Crippen LogP contribution in [0.3, 0.4) is 0 Å². The average molecular weight is 410 g/mol. The van der Waals surface area contributed by atoms with Gasteiger partial charge in [0.15, 0.2) is 11.6 Å². The number of hydrogen-bond acceptors (Lipinski definition) is 4. The third kappa shape index (κ3) is 5.06. The minimum absolute atomic E-state index is 0.128. The number of aliphatic imine (C=N–C) groups is 1. The van der Waals surface area contributed by atoms with Crippen molar-refractivity contribution < 1.29 is 18.3 Å². The maximum absolute atomic E-state index is 13.9. The summed E-state index contributed by atoms with van der Waals surface area (Å²) in [6.45, 7) is 2.65. The molecule has 1 fully saturated rings. The molecule has 6 nitrogen and oxygen atoms in total. The van der Waals surface area contributed by atoms with Gasteiger partial charge in [-0.1, -0.05) is 5.92 Å². The number of nitrogens with zero attached hydrogens (tertiary/aromatic N) is 3. The molecule has 154 valence electrons. The lowest BCUT2D eigenvalue weighted by molar-refractivity contribution is 0.138. The van der Waals surface area contributed by atoms with Crippen LogP contribution in [0.4, 0.5) is 13.6 Å². The summed E-state index contributed by atoms with van der Waals surface area (Å²) in [5.41, 5.74) is 0.999. The first-order valence-corrected chi connectivity index (χ1v) is 9.36. The zero-order valence-electron chi connectivity index (χ0n) is 16.4. The Bertz CT molecular complexity index is 1020. The molecule has 0 atom stereocenters. The highest BCUT2D eigenvalue weighted by Crippen LogP contribution is 2.21. The molecule has 0 radical (unpaired) electrons. The van der Waals surface area contributed by atoms with E-state index in [-0.39, 0.29) is 17.3 Å². The first-order valence-electron chi connectivity index (χ1n) is 9.36. The van der Waals surface area contributed by atoms with Crippen molar-refractivity contribution in [1.82, 2.24) is 9.88 Å². The van der Waals surface area contributed by atoms with Crippen molar-refractivity contribution in [3.05, 3.63) is 59.4 Å². The Balaban J connectivity index is 1.61. The van der Waals surface area contributed by atoms with Crippen molar-refractivity contribution in [2.75, 3.05) is 13.1 Å². The highest BCUT2D eigenvalue weighted by atomic mass is 19.1. The predicted octanol–water partition coefficient (Wildman–Crippen LogP) is 3.98. The van der Waals surface area contributed by atoms with Crippen molar-refractivity contribution in [1.29, 1.82) is 5.41 Å². The first kappa shape index (κ1) is 21.1. The van der Waals surface area contributed by atoms with Crippen LogP contribution in [0, 0.1) is 42.2 Å². The zero-order valence-corrected chi connectivity index (χ0v) is 16.4. The average Bonchev–Trinajstić information content (AvgIpc) is 2.73. The summed E-state index contributed by atoms with van der Waals surface area (Å²) in [6, 6.07) is 6.34. The van der Waals surface area contributed by atoms with E-state index in [0.29, 0.717) is 43.5 Å². The van der Waals surface area contributed by atoms with Gasteiger partial charge in [-0.15, -0.1) is 6.42 Å². The Hall–Kier alpha value is -3.60.